The number of esters is 2. The van der Waals surface area contributed by atoms with Crippen LogP contribution in [0.1, 0.15) is 24.8 Å². The first-order chi connectivity index (χ1) is 11.2. The second kappa shape index (κ2) is 6.60. The fourth-order valence-corrected chi connectivity index (χ4v) is 3.40. The fraction of sp³-hybridized carbons (Fsp3) is 0.471. The molecule has 0 unspecified atom stereocenters. The van der Waals surface area contributed by atoms with Gasteiger partial charge in [0.25, 0.3) is 0 Å². The maximum absolute atomic E-state index is 12.5. The summed E-state index contributed by atoms with van der Waals surface area (Å²) in [5.41, 5.74) is -1.32. The van der Waals surface area contributed by atoms with Crippen LogP contribution in [0.25, 0.3) is 0 Å². The molecule has 1 aliphatic carbocycles. The normalized spacial score (nSPS) is 29.8. The Morgan fingerprint density at radius 3 is 2.38 bits per heavy atom. The number of rotatable bonds is 3. The number of carbonyl (C=O) groups excluding carboxylic acids is 3. The van der Waals surface area contributed by atoms with Gasteiger partial charge in [-0.2, -0.15) is 0 Å². The summed E-state index contributed by atoms with van der Waals surface area (Å²) in [5, 5.41) is 20.4. The number of Topliss-reactive ketones (excluding diaryl/α,β-unsaturated/α-hetero) is 1. The van der Waals surface area contributed by atoms with Crippen molar-refractivity contribution in [2.45, 2.75) is 24.9 Å². The number of phenols is 1. The van der Waals surface area contributed by atoms with Gasteiger partial charge in [-0.3, -0.25) is 14.4 Å². The van der Waals surface area contributed by atoms with Gasteiger partial charge in [-0.05, 0) is 24.6 Å². The summed E-state index contributed by atoms with van der Waals surface area (Å²) in [6.07, 6.45) is -0.373. The molecule has 24 heavy (non-hydrogen) atoms. The SMILES string of the molecule is COC(=O)[C@@H]1C(=O)C[C@](C)(O)[C@H](C(=O)OC)[C@@H]1c1cccc(O)c1. The lowest BCUT2D eigenvalue weighted by Crippen LogP contribution is -2.55. The zero-order valence-corrected chi connectivity index (χ0v) is 13.7. The Morgan fingerprint density at radius 1 is 1.21 bits per heavy atom. The van der Waals surface area contributed by atoms with Crippen molar-refractivity contribution in [3.05, 3.63) is 29.8 Å². The molecule has 0 saturated heterocycles. The van der Waals surface area contributed by atoms with Crippen molar-refractivity contribution < 1.29 is 34.1 Å². The lowest BCUT2D eigenvalue weighted by molar-refractivity contribution is -0.170. The van der Waals surface area contributed by atoms with Crippen LogP contribution in [0.3, 0.4) is 0 Å². The molecule has 2 N–H and O–H groups in total. The van der Waals surface area contributed by atoms with Gasteiger partial charge in [-0.15, -0.1) is 0 Å². The Balaban J connectivity index is 2.65. The first-order valence-corrected chi connectivity index (χ1v) is 7.42. The molecule has 1 saturated carbocycles. The summed E-state index contributed by atoms with van der Waals surface area (Å²) in [6.45, 7) is 1.36. The number of ether oxygens (including phenoxy) is 2. The molecule has 7 heteroatoms. The van der Waals surface area contributed by atoms with Gasteiger partial charge in [0, 0.05) is 12.3 Å². The predicted octanol–water partition coefficient (Wildman–Crippen LogP) is 0.778. The summed E-state index contributed by atoms with van der Waals surface area (Å²) in [6, 6.07) is 5.88. The largest absolute Gasteiger partial charge is 0.508 e. The van der Waals surface area contributed by atoms with Crippen LogP contribution in [0.2, 0.25) is 0 Å². The van der Waals surface area contributed by atoms with Crippen molar-refractivity contribution in [3.8, 4) is 5.75 Å². The standard InChI is InChI=1S/C17H20O7/c1-17(22)8-11(19)13(15(20)23-2)12(14(17)16(21)24-3)9-5-4-6-10(18)7-9/h4-7,12-14,18,22H,8H2,1-3H3/t12-,13-,14+,17+/m1/s1. The predicted molar refractivity (Wildman–Crippen MR) is 82.1 cm³/mol. The molecule has 1 aromatic carbocycles. The Kier molecular flexibility index (Phi) is 4.94. The van der Waals surface area contributed by atoms with Gasteiger partial charge < -0.3 is 19.7 Å². The molecular weight excluding hydrogens is 316 g/mol. The third kappa shape index (κ3) is 3.12. The Labute approximate surface area is 139 Å². The molecular formula is C17H20O7. The number of hydrogen-bond acceptors (Lipinski definition) is 7. The minimum absolute atomic E-state index is 0.0857. The molecule has 130 valence electrons. The van der Waals surface area contributed by atoms with E-state index >= 15 is 0 Å². The number of aromatic hydroxyl groups is 1. The third-order valence-electron chi connectivity index (χ3n) is 4.43. The molecule has 0 amide bonds. The molecule has 0 bridgehead atoms. The summed E-state index contributed by atoms with van der Waals surface area (Å²) >= 11 is 0. The van der Waals surface area contributed by atoms with Gasteiger partial charge in [-0.1, -0.05) is 12.1 Å². The van der Waals surface area contributed by atoms with E-state index in [0.29, 0.717) is 5.56 Å². The van der Waals surface area contributed by atoms with Gasteiger partial charge >= 0.3 is 11.9 Å². The topological polar surface area (TPSA) is 110 Å². The minimum Gasteiger partial charge on any atom is -0.508 e. The zero-order chi connectivity index (χ0) is 18.1. The minimum atomic E-state index is -1.69. The number of phenolic OH excluding ortho intramolecular Hbond substituents is 1. The highest BCUT2D eigenvalue weighted by atomic mass is 16.5. The molecule has 1 aromatic rings. The summed E-state index contributed by atoms with van der Waals surface area (Å²) in [4.78, 5) is 36.9. The van der Waals surface area contributed by atoms with Crippen LogP contribution in [0.15, 0.2) is 24.3 Å². The molecule has 0 heterocycles. The van der Waals surface area contributed by atoms with E-state index in [2.05, 4.69) is 0 Å². The van der Waals surface area contributed by atoms with E-state index in [-0.39, 0.29) is 12.2 Å². The second-order valence-electron chi connectivity index (χ2n) is 6.12. The zero-order valence-electron chi connectivity index (χ0n) is 13.7. The molecule has 1 aliphatic rings. The summed E-state index contributed by atoms with van der Waals surface area (Å²) in [7, 11) is 2.32. The molecule has 1 fully saturated rings. The number of ketones is 1. The van der Waals surface area contributed by atoms with Gasteiger partial charge in [0.2, 0.25) is 0 Å². The van der Waals surface area contributed by atoms with Gasteiger partial charge in [-0.25, -0.2) is 0 Å². The van der Waals surface area contributed by atoms with Crippen LogP contribution >= 0.6 is 0 Å². The second-order valence-corrected chi connectivity index (χ2v) is 6.12. The average Bonchev–Trinajstić information content (AvgIpc) is 2.52. The van der Waals surface area contributed by atoms with Gasteiger partial charge in [0.05, 0.1) is 25.7 Å². The summed E-state index contributed by atoms with van der Waals surface area (Å²) in [5.74, 6) is -5.58. The van der Waals surface area contributed by atoms with E-state index in [1.54, 1.807) is 6.07 Å². The highest BCUT2D eigenvalue weighted by molar-refractivity contribution is 6.02. The number of carbonyl (C=O) groups is 3. The van der Waals surface area contributed by atoms with Gasteiger partial charge in [0.1, 0.15) is 11.7 Å². The van der Waals surface area contributed by atoms with E-state index in [4.69, 9.17) is 9.47 Å². The smallest absolute Gasteiger partial charge is 0.316 e. The quantitative estimate of drug-likeness (QED) is 0.620. The molecule has 0 spiro atoms. The molecule has 0 radical (unpaired) electrons. The number of aliphatic hydroxyl groups is 1. The third-order valence-corrected chi connectivity index (χ3v) is 4.43. The van der Waals surface area contributed by atoms with Crippen molar-refractivity contribution in [1.29, 1.82) is 0 Å². The number of hydrogen-bond donors (Lipinski definition) is 2. The lowest BCUT2D eigenvalue weighted by Gasteiger charge is -2.43. The maximum Gasteiger partial charge on any atom is 0.316 e. The van der Waals surface area contributed by atoms with E-state index in [1.165, 1.54) is 32.2 Å². The van der Waals surface area contributed by atoms with Crippen LogP contribution in [-0.2, 0) is 23.9 Å². The molecule has 2 rings (SSSR count). The van der Waals surface area contributed by atoms with Crippen molar-refractivity contribution >= 4 is 17.7 Å². The number of methoxy groups -OCH3 is 2. The highest BCUT2D eigenvalue weighted by Crippen LogP contribution is 2.47. The average molecular weight is 336 g/mol. The molecule has 4 atom stereocenters. The number of benzene rings is 1. The molecule has 0 aliphatic heterocycles. The molecule has 0 aromatic heterocycles. The van der Waals surface area contributed by atoms with Crippen LogP contribution in [-0.4, -0.2) is 47.8 Å². The first kappa shape index (κ1) is 17.9. The maximum atomic E-state index is 12.5. The van der Waals surface area contributed by atoms with Crippen molar-refractivity contribution in [2.75, 3.05) is 14.2 Å². The van der Waals surface area contributed by atoms with Crippen LogP contribution in [0.4, 0.5) is 0 Å². The van der Waals surface area contributed by atoms with Crippen LogP contribution in [0, 0.1) is 11.8 Å². The first-order valence-electron chi connectivity index (χ1n) is 7.42. The van der Waals surface area contributed by atoms with E-state index < -0.39 is 41.1 Å². The highest BCUT2D eigenvalue weighted by Gasteiger charge is 2.56. The summed E-state index contributed by atoms with van der Waals surface area (Å²) < 4.78 is 9.50. The monoisotopic (exact) mass is 336 g/mol. The lowest BCUT2D eigenvalue weighted by atomic mass is 9.61. The Bertz CT molecular complexity index is 665. The van der Waals surface area contributed by atoms with Gasteiger partial charge in [0.15, 0.2) is 5.78 Å². The van der Waals surface area contributed by atoms with Crippen molar-refractivity contribution in [1.82, 2.24) is 0 Å². The van der Waals surface area contributed by atoms with E-state index in [0.717, 1.165) is 7.11 Å². The van der Waals surface area contributed by atoms with E-state index in [9.17, 15) is 24.6 Å². The fourth-order valence-electron chi connectivity index (χ4n) is 3.40. The van der Waals surface area contributed by atoms with E-state index in [1.807, 2.05) is 0 Å². The Morgan fingerprint density at radius 2 is 1.83 bits per heavy atom. The van der Waals surface area contributed by atoms with Crippen LogP contribution < -0.4 is 0 Å². The van der Waals surface area contributed by atoms with Crippen molar-refractivity contribution in [2.24, 2.45) is 11.8 Å². The Hall–Kier alpha value is -2.41. The van der Waals surface area contributed by atoms with Crippen LogP contribution in [0.5, 0.6) is 5.75 Å². The van der Waals surface area contributed by atoms with Crippen molar-refractivity contribution in [3.63, 3.8) is 0 Å². The molecule has 7 nitrogen and oxygen atoms in total.